The van der Waals surface area contributed by atoms with Crippen LogP contribution >= 0.6 is 0 Å². The Morgan fingerprint density at radius 3 is 2.75 bits per heavy atom. The van der Waals surface area contributed by atoms with Crippen molar-refractivity contribution < 1.29 is 4.79 Å². The minimum Gasteiger partial charge on any atom is -0.352 e. The average molecular weight is 329 g/mol. The lowest BCUT2D eigenvalue weighted by Gasteiger charge is -2.34. The Hall–Kier alpha value is -2.16. The summed E-state index contributed by atoms with van der Waals surface area (Å²) in [7, 11) is 0. The number of nitriles is 1. The van der Waals surface area contributed by atoms with Crippen molar-refractivity contribution in [3.63, 3.8) is 0 Å². The van der Waals surface area contributed by atoms with Crippen LogP contribution in [0.2, 0.25) is 0 Å². The highest BCUT2D eigenvalue weighted by Gasteiger charge is 2.26. The highest BCUT2D eigenvalue weighted by molar-refractivity contribution is 5.76. The number of aryl methyl sites for hydroxylation is 1. The molecule has 0 radical (unpaired) electrons. The van der Waals surface area contributed by atoms with Gasteiger partial charge < -0.3 is 10.2 Å². The summed E-state index contributed by atoms with van der Waals surface area (Å²) in [6.07, 6.45) is 4.91. The van der Waals surface area contributed by atoms with Crippen LogP contribution in [0.3, 0.4) is 0 Å². The molecule has 2 heterocycles. The van der Waals surface area contributed by atoms with Gasteiger partial charge in [0.15, 0.2) is 5.82 Å². The van der Waals surface area contributed by atoms with Gasteiger partial charge in [0, 0.05) is 25.6 Å². The minimum atomic E-state index is 0.103. The molecule has 6 heteroatoms. The molecule has 1 N–H and O–H groups in total. The smallest absolute Gasteiger partial charge is 0.220 e. The van der Waals surface area contributed by atoms with Gasteiger partial charge in [-0.05, 0) is 37.7 Å². The third kappa shape index (κ3) is 4.02. The first-order valence-corrected chi connectivity index (χ1v) is 8.97. The van der Waals surface area contributed by atoms with Gasteiger partial charge in [-0.2, -0.15) is 10.4 Å². The SMILES string of the molecule is CCCC(=O)NC1CCCN(c2nnc(CC)c(CC)c2C#N)C1. The maximum atomic E-state index is 11.9. The lowest BCUT2D eigenvalue weighted by atomic mass is 10.0. The van der Waals surface area contributed by atoms with E-state index in [1.54, 1.807) is 0 Å². The van der Waals surface area contributed by atoms with Gasteiger partial charge in [-0.1, -0.05) is 20.8 Å². The number of aromatic nitrogens is 2. The zero-order valence-corrected chi connectivity index (χ0v) is 14.9. The molecular formula is C18H27N5O. The second-order valence-corrected chi connectivity index (χ2v) is 6.25. The molecule has 24 heavy (non-hydrogen) atoms. The van der Waals surface area contributed by atoms with Crippen LogP contribution < -0.4 is 10.2 Å². The van der Waals surface area contributed by atoms with E-state index in [4.69, 9.17) is 0 Å². The van der Waals surface area contributed by atoms with Crippen LogP contribution in [0.5, 0.6) is 0 Å². The molecule has 1 saturated heterocycles. The Morgan fingerprint density at radius 2 is 2.12 bits per heavy atom. The average Bonchev–Trinajstić information content (AvgIpc) is 2.60. The normalized spacial score (nSPS) is 17.4. The van der Waals surface area contributed by atoms with E-state index >= 15 is 0 Å². The van der Waals surface area contributed by atoms with Crippen molar-refractivity contribution in [1.29, 1.82) is 5.26 Å². The Bertz CT molecular complexity index is 623. The first-order valence-electron chi connectivity index (χ1n) is 8.97. The lowest BCUT2D eigenvalue weighted by molar-refractivity contribution is -0.121. The van der Waals surface area contributed by atoms with Crippen molar-refractivity contribution in [2.75, 3.05) is 18.0 Å². The van der Waals surface area contributed by atoms with Gasteiger partial charge in [-0.3, -0.25) is 4.79 Å². The molecule has 1 aromatic rings. The second kappa shape index (κ2) is 8.62. The van der Waals surface area contributed by atoms with E-state index in [0.29, 0.717) is 24.3 Å². The summed E-state index contributed by atoms with van der Waals surface area (Å²) in [5, 5.41) is 21.4. The standard InChI is InChI=1S/C18H27N5O/c1-4-8-17(24)20-13-9-7-10-23(12-13)18-15(11-19)14(5-2)16(6-3)21-22-18/h13H,4-10,12H2,1-3H3,(H,20,24). The van der Waals surface area contributed by atoms with Gasteiger partial charge in [0.1, 0.15) is 11.6 Å². The van der Waals surface area contributed by atoms with Crippen molar-refractivity contribution in [3.8, 4) is 6.07 Å². The molecule has 130 valence electrons. The summed E-state index contributed by atoms with van der Waals surface area (Å²) < 4.78 is 0. The highest BCUT2D eigenvalue weighted by atomic mass is 16.1. The fourth-order valence-electron chi connectivity index (χ4n) is 3.32. The van der Waals surface area contributed by atoms with E-state index in [2.05, 4.69) is 26.5 Å². The van der Waals surface area contributed by atoms with Crippen LogP contribution in [-0.4, -0.2) is 35.2 Å². The maximum Gasteiger partial charge on any atom is 0.220 e. The molecule has 6 nitrogen and oxygen atoms in total. The number of anilines is 1. The first-order chi connectivity index (χ1) is 11.6. The van der Waals surface area contributed by atoms with Crippen molar-refractivity contribution in [2.24, 2.45) is 0 Å². The van der Waals surface area contributed by atoms with Gasteiger partial charge in [-0.25, -0.2) is 0 Å². The monoisotopic (exact) mass is 329 g/mol. The number of carbonyl (C=O) groups excluding carboxylic acids is 1. The molecule has 1 aromatic heterocycles. The van der Waals surface area contributed by atoms with Crippen molar-refractivity contribution in [1.82, 2.24) is 15.5 Å². The Labute approximate surface area is 144 Å². The quantitative estimate of drug-likeness (QED) is 0.866. The minimum absolute atomic E-state index is 0.103. The van der Waals surface area contributed by atoms with Crippen LogP contribution in [0.15, 0.2) is 0 Å². The highest BCUT2D eigenvalue weighted by Crippen LogP contribution is 2.25. The van der Waals surface area contributed by atoms with E-state index < -0.39 is 0 Å². The molecule has 0 aromatic carbocycles. The number of nitrogens with zero attached hydrogens (tertiary/aromatic N) is 4. The van der Waals surface area contributed by atoms with Crippen molar-refractivity contribution in [3.05, 3.63) is 16.8 Å². The zero-order chi connectivity index (χ0) is 17.5. The number of amides is 1. The molecule has 0 bridgehead atoms. The van der Waals surface area contributed by atoms with Crippen LogP contribution in [-0.2, 0) is 17.6 Å². The first kappa shape index (κ1) is 18.2. The molecule has 1 aliphatic heterocycles. The number of nitrogens with one attached hydrogen (secondary N) is 1. The molecule has 0 aliphatic carbocycles. The van der Waals surface area contributed by atoms with E-state index in [1.807, 2.05) is 20.8 Å². The zero-order valence-electron chi connectivity index (χ0n) is 14.9. The lowest BCUT2D eigenvalue weighted by Crippen LogP contribution is -2.48. The second-order valence-electron chi connectivity index (χ2n) is 6.25. The molecule has 1 unspecified atom stereocenters. The van der Waals surface area contributed by atoms with E-state index in [1.165, 1.54) is 0 Å². The van der Waals surface area contributed by atoms with E-state index in [9.17, 15) is 10.1 Å². The summed E-state index contributed by atoms with van der Waals surface area (Å²) >= 11 is 0. The number of carbonyl (C=O) groups is 1. The van der Waals surface area contributed by atoms with Crippen LogP contribution in [0, 0.1) is 11.3 Å². The van der Waals surface area contributed by atoms with E-state index in [-0.39, 0.29) is 11.9 Å². The molecular weight excluding hydrogens is 302 g/mol. The largest absolute Gasteiger partial charge is 0.352 e. The van der Waals surface area contributed by atoms with Crippen LogP contribution in [0.4, 0.5) is 5.82 Å². The topological polar surface area (TPSA) is 81.9 Å². The summed E-state index contributed by atoms with van der Waals surface area (Å²) in [4.78, 5) is 14.0. The van der Waals surface area contributed by atoms with E-state index in [0.717, 1.165) is 49.9 Å². The molecule has 0 saturated carbocycles. The number of hydrogen-bond donors (Lipinski definition) is 1. The predicted molar refractivity (Wildman–Crippen MR) is 93.8 cm³/mol. The van der Waals surface area contributed by atoms with Crippen molar-refractivity contribution >= 4 is 11.7 Å². The summed E-state index contributed by atoms with van der Waals surface area (Å²) in [5.41, 5.74) is 2.55. The van der Waals surface area contributed by atoms with Crippen molar-refractivity contribution in [2.45, 2.75) is 65.3 Å². The summed E-state index contributed by atoms with van der Waals surface area (Å²) in [5.74, 6) is 0.771. The molecule has 2 rings (SSSR count). The van der Waals surface area contributed by atoms with Crippen LogP contribution in [0.1, 0.15) is 63.3 Å². The fourth-order valence-corrected chi connectivity index (χ4v) is 3.32. The number of hydrogen-bond acceptors (Lipinski definition) is 5. The van der Waals surface area contributed by atoms with Crippen LogP contribution in [0.25, 0.3) is 0 Å². The number of piperidine rings is 1. The predicted octanol–water partition coefficient (Wildman–Crippen LogP) is 2.36. The third-order valence-electron chi connectivity index (χ3n) is 4.50. The van der Waals surface area contributed by atoms with Gasteiger partial charge in [0.2, 0.25) is 5.91 Å². The maximum absolute atomic E-state index is 11.9. The third-order valence-corrected chi connectivity index (χ3v) is 4.50. The Balaban J connectivity index is 2.22. The fraction of sp³-hybridized carbons (Fsp3) is 0.667. The molecule has 0 spiro atoms. The summed E-state index contributed by atoms with van der Waals surface area (Å²) in [6.45, 7) is 7.61. The number of rotatable bonds is 6. The van der Waals surface area contributed by atoms with Gasteiger partial charge in [-0.15, -0.1) is 5.10 Å². The summed E-state index contributed by atoms with van der Waals surface area (Å²) in [6, 6.07) is 2.44. The van der Waals surface area contributed by atoms with Gasteiger partial charge in [0.25, 0.3) is 0 Å². The molecule has 1 atom stereocenters. The van der Waals surface area contributed by atoms with Gasteiger partial charge in [0.05, 0.1) is 5.69 Å². The Morgan fingerprint density at radius 1 is 1.33 bits per heavy atom. The molecule has 1 amide bonds. The molecule has 1 fully saturated rings. The Kier molecular flexibility index (Phi) is 6.53. The van der Waals surface area contributed by atoms with Gasteiger partial charge >= 0.3 is 0 Å². The molecule has 1 aliphatic rings.